The van der Waals surface area contributed by atoms with Crippen molar-refractivity contribution in [1.29, 1.82) is 0 Å². The number of imidazole rings is 1. The van der Waals surface area contributed by atoms with Crippen molar-refractivity contribution in [2.75, 3.05) is 0 Å². The van der Waals surface area contributed by atoms with Crippen LogP contribution in [0.3, 0.4) is 0 Å². The van der Waals surface area contributed by atoms with Crippen molar-refractivity contribution in [2.24, 2.45) is 5.73 Å². The predicted octanol–water partition coefficient (Wildman–Crippen LogP) is 2.18. The third-order valence-corrected chi connectivity index (χ3v) is 3.20. The summed E-state index contributed by atoms with van der Waals surface area (Å²) in [4.78, 5) is 16.4. The Hall–Kier alpha value is -2.47. The summed E-state index contributed by atoms with van der Waals surface area (Å²) in [5, 5.41) is 0. The van der Waals surface area contributed by atoms with Gasteiger partial charge in [0.25, 0.3) is 0 Å². The van der Waals surface area contributed by atoms with Gasteiger partial charge in [0.15, 0.2) is 11.6 Å². The zero-order valence-electron chi connectivity index (χ0n) is 10.3. The maximum absolute atomic E-state index is 13.2. The van der Waals surface area contributed by atoms with Gasteiger partial charge in [-0.15, -0.1) is 0 Å². The highest BCUT2D eigenvalue weighted by Crippen LogP contribution is 2.23. The van der Waals surface area contributed by atoms with Crippen LogP contribution in [0.25, 0.3) is 11.0 Å². The highest BCUT2D eigenvalue weighted by Gasteiger charge is 2.12. The molecule has 0 aliphatic rings. The molecule has 0 fully saturated rings. The second-order valence-electron chi connectivity index (χ2n) is 4.54. The predicted molar refractivity (Wildman–Crippen MR) is 71.3 cm³/mol. The first-order valence-corrected chi connectivity index (χ1v) is 5.97. The molecule has 1 atom stereocenters. The third kappa shape index (κ3) is 2.10. The second kappa shape index (κ2) is 4.57. The van der Waals surface area contributed by atoms with Crippen molar-refractivity contribution < 1.29 is 8.78 Å². The van der Waals surface area contributed by atoms with Gasteiger partial charge in [0, 0.05) is 0 Å². The Bertz CT molecular complexity index is 838. The fourth-order valence-corrected chi connectivity index (χ4v) is 2.14. The zero-order valence-corrected chi connectivity index (χ0v) is 10.3. The molecule has 4 nitrogen and oxygen atoms in total. The van der Waals surface area contributed by atoms with Crippen LogP contribution in [-0.4, -0.2) is 9.97 Å². The Kier molecular flexibility index (Phi) is 2.87. The minimum atomic E-state index is -0.936. The lowest BCUT2D eigenvalue weighted by molar-refractivity contribution is 0.506. The number of aromatic nitrogens is 2. The summed E-state index contributed by atoms with van der Waals surface area (Å²) in [6, 6.07) is 8.10. The Labute approximate surface area is 112 Å². The number of rotatable bonds is 2. The summed E-state index contributed by atoms with van der Waals surface area (Å²) < 4.78 is 26.1. The summed E-state index contributed by atoms with van der Waals surface area (Å²) in [6.45, 7) is 0. The van der Waals surface area contributed by atoms with E-state index in [9.17, 15) is 13.6 Å². The van der Waals surface area contributed by atoms with E-state index in [-0.39, 0.29) is 5.69 Å². The van der Waals surface area contributed by atoms with E-state index in [1.54, 1.807) is 18.2 Å². The first-order chi connectivity index (χ1) is 9.54. The Morgan fingerprint density at radius 3 is 2.30 bits per heavy atom. The van der Waals surface area contributed by atoms with Crippen LogP contribution < -0.4 is 11.4 Å². The molecule has 0 saturated carbocycles. The van der Waals surface area contributed by atoms with Crippen molar-refractivity contribution >= 4 is 11.0 Å². The monoisotopic (exact) mass is 275 g/mol. The minimum Gasteiger partial charge on any atom is -0.320 e. The van der Waals surface area contributed by atoms with E-state index in [2.05, 4.69) is 9.97 Å². The lowest BCUT2D eigenvalue weighted by Gasteiger charge is -2.13. The molecule has 0 bridgehead atoms. The molecule has 0 amide bonds. The highest BCUT2D eigenvalue weighted by molar-refractivity contribution is 5.75. The fourth-order valence-electron chi connectivity index (χ4n) is 2.14. The number of nitrogens with one attached hydrogen (secondary N) is 2. The van der Waals surface area contributed by atoms with E-state index in [1.165, 1.54) is 6.07 Å². The van der Waals surface area contributed by atoms with E-state index in [4.69, 9.17) is 5.73 Å². The highest BCUT2D eigenvalue weighted by atomic mass is 19.2. The van der Waals surface area contributed by atoms with Gasteiger partial charge in [-0.2, -0.15) is 0 Å². The van der Waals surface area contributed by atoms with Crippen molar-refractivity contribution in [3.8, 4) is 0 Å². The number of benzene rings is 2. The number of fused-ring (bicyclic) bond motifs is 1. The topological polar surface area (TPSA) is 74.7 Å². The number of halogens is 2. The van der Waals surface area contributed by atoms with Gasteiger partial charge < -0.3 is 15.7 Å². The van der Waals surface area contributed by atoms with Crippen LogP contribution in [0, 0.1) is 11.6 Å². The molecular weight excluding hydrogens is 264 g/mol. The molecule has 102 valence electrons. The van der Waals surface area contributed by atoms with E-state index in [0.29, 0.717) is 22.2 Å². The van der Waals surface area contributed by atoms with E-state index in [0.717, 1.165) is 12.1 Å². The Balaban J connectivity index is 2.04. The van der Waals surface area contributed by atoms with Crippen LogP contribution >= 0.6 is 0 Å². The fraction of sp³-hybridized carbons (Fsp3) is 0.0714. The smallest absolute Gasteiger partial charge is 0.320 e. The van der Waals surface area contributed by atoms with Gasteiger partial charge in [0.1, 0.15) is 0 Å². The van der Waals surface area contributed by atoms with Gasteiger partial charge in [-0.25, -0.2) is 13.6 Å². The lowest BCUT2D eigenvalue weighted by Crippen LogP contribution is -2.12. The normalized spacial score (nSPS) is 12.8. The van der Waals surface area contributed by atoms with Crippen molar-refractivity contribution in [1.82, 2.24) is 9.97 Å². The largest absolute Gasteiger partial charge is 0.323 e. The molecule has 3 rings (SSSR count). The van der Waals surface area contributed by atoms with Gasteiger partial charge >= 0.3 is 5.69 Å². The van der Waals surface area contributed by atoms with Crippen LogP contribution in [-0.2, 0) is 0 Å². The molecule has 6 heteroatoms. The van der Waals surface area contributed by atoms with E-state index >= 15 is 0 Å². The minimum absolute atomic E-state index is 0.307. The molecule has 1 aromatic heterocycles. The average Bonchev–Trinajstić information content (AvgIpc) is 2.80. The van der Waals surface area contributed by atoms with Gasteiger partial charge in [0.05, 0.1) is 17.1 Å². The molecule has 0 aliphatic carbocycles. The van der Waals surface area contributed by atoms with Crippen LogP contribution in [0.5, 0.6) is 0 Å². The van der Waals surface area contributed by atoms with Gasteiger partial charge in [-0.1, -0.05) is 12.1 Å². The van der Waals surface area contributed by atoms with Crippen LogP contribution in [0.1, 0.15) is 17.2 Å². The summed E-state index contributed by atoms with van der Waals surface area (Å²) >= 11 is 0. The molecule has 1 unspecified atom stereocenters. The van der Waals surface area contributed by atoms with Crippen LogP contribution in [0.15, 0.2) is 41.2 Å². The molecule has 1 heterocycles. The third-order valence-electron chi connectivity index (χ3n) is 3.20. The molecule has 0 aliphatic heterocycles. The zero-order chi connectivity index (χ0) is 14.3. The lowest BCUT2D eigenvalue weighted by atomic mass is 9.99. The molecule has 2 aromatic carbocycles. The second-order valence-corrected chi connectivity index (χ2v) is 4.54. The number of aromatic amines is 2. The Morgan fingerprint density at radius 2 is 1.55 bits per heavy atom. The summed E-state index contributed by atoms with van der Waals surface area (Å²) in [5.41, 5.74) is 8.17. The van der Waals surface area contributed by atoms with E-state index in [1.807, 2.05) is 0 Å². The number of nitrogens with two attached hydrogens (primary N) is 1. The van der Waals surface area contributed by atoms with Crippen molar-refractivity contribution in [3.63, 3.8) is 0 Å². The quantitative estimate of drug-likeness (QED) is 0.670. The average molecular weight is 275 g/mol. The number of H-pyrrole nitrogens is 2. The maximum atomic E-state index is 13.2. The molecular formula is C14H11F2N3O. The van der Waals surface area contributed by atoms with Gasteiger partial charge in [0.2, 0.25) is 0 Å². The number of hydrogen-bond donors (Lipinski definition) is 3. The molecule has 0 spiro atoms. The summed E-state index contributed by atoms with van der Waals surface area (Å²) in [6.07, 6.45) is 0. The number of hydrogen-bond acceptors (Lipinski definition) is 2. The van der Waals surface area contributed by atoms with Gasteiger partial charge in [-0.3, -0.25) is 0 Å². The van der Waals surface area contributed by atoms with Crippen molar-refractivity contribution in [2.45, 2.75) is 6.04 Å². The first kappa shape index (κ1) is 12.6. The van der Waals surface area contributed by atoms with Crippen LogP contribution in [0.4, 0.5) is 8.78 Å². The SMILES string of the molecule is NC(c1ccc(F)c(F)c1)c1ccc2[nH]c(=O)[nH]c2c1. The van der Waals surface area contributed by atoms with Gasteiger partial charge in [-0.05, 0) is 35.4 Å². The molecule has 3 aromatic rings. The molecule has 20 heavy (non-hydrogen) atoms. The first-order valence-electron chi connectivity index (χ1n) is 5.97. The van der Waals surface area contributed by atoms with Crippen molar-refractivity contribution in [3.05, 3.63) is 69.6 Å². The molecule has 4 N–H and O–H groups in total. The summed E-state index contributed by atoms with van der Waals surface area (Å²) in [5.74, 6) is -1.85. The van der Waals surface area contributed by atoms with Crippen LogP contribution in [0.2, 0.25) is 0 Å². The Morgan fingerprint density at radius 1 is 0.900 bits per heavy atom. The van der Waals surface area contributed by atoms with E-state index < -0.39 is 17.7 Å². The maximum Gasteiger partial charge on any atom is 0.323 e. The standard InChI is InChI=1S/C14H11F2N3O/c15-9-3-1-7(5-10(9)16)13(17)8-2-4-11-12(6-8)19-14(20)18-11/h1-6,13H,17H2,(H2,18,19,20). The molecule has 0 radical (unpaired) electrons. The molecule has 0 saturated heterocycles. The summed E-state index contributed by atoms with van der Waals surface area (Å²) in [7, 11) is 0.